The molecule has 298 valence electrons. The van der Waals surface area contributed by atoms with Crippen molar-refractivity contribution < 1.29 is 0 Å². The third kappa shape index (κ3) is 6.16. The zero-order chi connectivity index (χ0) is 42.1. The number of benzene rings is 10. The van der Waals surface area contributed by atoms with Crippen molar-refractivity contribution in [3.05, 3.63) is 306 Å². The van der Waals surface area contributed by atoms with E-state index in [2.05, 4.69) is 278 Å². The minimum atomic E-state index is -0.687. The summed E-state index contributed by atoms with van der Waals surface area (Å²) in [4.78, 5) is 2.39. The van der Waals surface area contributed by atoms with Gasteiger partial charge < -0.3 is 4.90 Å². The maximum absolute atomic E-state index is 2.46. The minimum Gasteiger partial charge on any atom is -0.310 e. The fourth-order valence-electron chi connectivity index (χ4n) is 10.7. The maximum atomic E-state index is 2.46. The Morgan fingerprint density at radius 2 is 0.635 bits per heavy atom. The first-order chi connectivity index (χ1) is 31.3. The van der Waals surface area contributed by atoms with Crippen molar-refractivity contribution in [1.82, 2.24) is 0 Å². The molecule has 0 amide bonds. The van der Waals surface area contributed by atoms with Crippen LogP contribution in [0.15, 0.2) is 273 Å². The number of anilines is 3. The van der Waals surface area contributed by atoms with Gasteiger partial charge in [-0.25, -0.2) is 0 Å². The smallest absolute Gasteiger partial charge is 0.0635 e. The summed E-state index contributed by atoms with van der Waals surface area (Å²) in [5, 5.41) is 0. The molecule has 0 atom stereocenters. The third-order valence-corrected chi connectivity index (χ3v) is 13.1. The molecule has 10 aromatic rings. The third-order valence-electron chi connectivity index (χ3n) is 13.1. The lowest BCUT2D eigenvalue weighted by molar-refractivity contribution is 0.415. The molecule has 0 aromatic heterocycles. The van der Waals surface area contributed by atoms with Gasteiger partial charge in [0.05, 0.1) is 16.5 Å². The molecule has 63 heavy (non-hydrogen) atoms. The predicted molar refractivity (Wildman–Crippen MR) is 263 cm³/mol. The molecule has 1 aliphatic rings. The number of hydrogen-bond donors (Lipinski definition) is 0. The second-order valence-electron chi connectivity index (χ2n) is 16.4. The van der Waals surface area contributed by atoms with E-state index in [4.69, 9.17) is 0 Å². The lowest BCUT2D eigenvalue weighted by atomic mass is 9.43. The Kier molecular flexibility index (Phi) is 9.71. The van der Waals surface area contributed by atoms with Crippen molar-refractivity contribution >= 4 is 17.1 Å². The topological polar surface area (TPSA) is 3.24 Å². The summed E-state index contributed by atoms with van der Waals surface area (Å²) in [6.07, 6.45) is 0. The van der Waals surface area contributed by atoms with Crippen LogP contribution in [0.4, 0.5) is 17.1 Å². The second-order valence-corrected chi connectivity index (χ2v) is 16.4. The van der Waals surface area contributed by atoms with Crippen molar-refractivity contribution in [3.8, 4) is 33.4 Å². The van der Waals surface area contributed by atoms with Gasteiger partial charge in [-0.05, 0) is 97.6 Å². The summed E-state index contributed by atoms with van der Waals surface area (Å²) in [5.74, 6) is 0. The molecule has 0 saturated heterocycles. The second kappa shape index (κ2) is 16.1. The SMILES string of the molecule is c1ccc(-c2ccccc2N(c2ccccc2)c2cccc(-c3ccc4c(c3)-c3ccccc3C(c3ccccc3)(c3ccccc3)C4(c3ccccc3)c3ccccc3)c2)cc1. The monoisotopic (exact) mass is 803 g/mol. The first-order valence-electron chi connectivity index (χ1n) is 21.8. The van der Waals surface area contributed by atoms with Crippen LogP contribution in [0.25, 0.3) is 33.4 Å². The van der Waals surface area contributed by atoms with Crippen LogP contribution in [0, 0.1) is 0 Å². The summed E-state index contributed by atoms with van der Waals surface area (Å²) in [5.41, 5.74) is 16.6. The van der Waals surface area contributed by atoms with E-state index < -0.39 is 10.8 Å². The highest BCUT2D eigenvalue weighted by atomic mass is 15.1. The molecule has 0 heterocycles. The molecule has 0 bridgehead atoms. The van der Waals surface area contributed by atoms with Crippen molar-refractivity contribution in [2.75, 3.05) is 4.90 Å². The van der Waals surface area contributed by atoms with Gasteiger partial charge in [-0.1, -0.05) is 237 Å². The van der Waals surface area contributed by atoms with Crippen molar-refractivity contribution in [2.45, 2.75) is 10.8 Å². The number of para-hydroxylation sites is 2. The molecular formula is C62H45N. The van der Waals surface area contributed by atoms with Crippen LogP contribution in [-0.2, 0) is 10.8 Å². The number of nitrogens with zero attached hydrogens (tertiary/aromatic N) is 1. The van der Waals surface area contributed by atoms with Gasteiger partial charge in [0.15, 0.2) is 0 Å². The van der Waals surface area contributed by atoms with Gasteiger partial charge in [-0.3, -0.25) is 0 Å². The molecule has 1 aliphatic carbocycles. The summed E-state index contributed by atoms with van der Waals surface area (Å²) in [7, 11) is 0. The number of rotatable bonds is 9. The molecule has 1 nitrogen and oxygen atoms in total. The molecule has 0 saturated carbocycles. The molecular weight excluding hydrogens is 759 g/mol. The molecule has 0 spiro atoms. The van der Waals surface area contributed by atoms with Crippen molar-refractivity contribution in [3.63, 3.8) is 0 Å². The van der Waals surface area contributed by atoms with Gasteiger partial charge in [-0.15, -0.1) is 0 Å². The molecule has 0 fully saturated rings. The first-order valence-corrected chi connectivity index (χ1v) is 21.8. The number of hydrogen-bond acceptors (Lipinski definition) is 1. The van der Waals surface area contributed by atoms with Crippen molar-refractivity contribution in [1.29, 1.82) is 0 Å². The summed E-state index contributed by atoms with van der Waals surface area (Å²) in [6, 6.07) is 100. The largest absolute Gasteiger partial charge is 0.310 e. The van der Waals surface area contributed by atoms with Crippen LogP contribution >= 0.6 is 0 Å². The van der Waals surface area contributed by atoms with E-state index >= 15 is 0 Å². The van der Waals surface area contributed by atoms with Gasteiger partial charge in [0, 0.05) is 16.9 Å². The van der Waals surface area contributed by atoms with E-state index in [0.29, 0.717) is 0 Å². The molecule has 11 rings (SSSR count). The van der Waals surface area contributed by atoms with Gasteiger partial charge in [0.1, 0.15) is 0 Å². The Balaban J connectivity index is 1.18. The zero-order valence-electron chi connectivity index (χ0n) is 34.9. The Morgan fingerprint density at radius 1 is 0.238 bits per heavy atom. The molecule has 0 unspecified atom stereocenters. The van der Waals surface area contributed by atoms with Crippen LogP contribution in [0.5, 0.6) is 0 Å². The van der Waals surface area contributed by atoms with E-state index in [1.165, 1.54) is 55.6 Å². The van der Waals surface area contributed by atoms with Crippen LogP contribution in [0.3, 0.4) is 0 Å². The van der Waals surface area contributed by atoms with Gasteiger partial charge in [-0.2, -0.15) is 0 Å². The normalized spacial score (nSPS) is 13.3. The average Bonchev–Trinajstić information content (AvgIpc) is 3.38. The zero-order valence-corrected chi connectivity index (χ0v) is 34.9. The molecule has 0 N–H and O–H groups in total. The Hall–Kier alpha value is -8.00. The van der Waals surface area contributed by atoms with Crippen LogP contribution in [0.2, 0.25) is 0 Å². The van der Waals surface area contributed by atoms with Crippen LogP contribution in [-0.4, -0.2) is 0 Å². The summed E-state index contributed by atoms with van der Waals surface area (Å²) < 4.78 is 0. The van der Waals surface area contributed by atoms with Crippen LogP contribution < -0.4 is 4.90 Å². The molecule has 0 radical (unpaired) electrons. The fraction of sp³-hybridized carbons (Fsp3) is 0.0323. The van der Waals surface area contributed by atoms with Gasteiger partial charge in [0.2, 0.25) is 0 Å². The lowest BCUT2D eigenvalue weighted by Gasteiger charge is -2.57. The van der Waals surface area contributed by atoms with Crippen LogP contribution in [0.1, 0.15) is 33.4 Å². The molecule has 1 heteroatoms. The fourth-order valence-corrected chi connectivity index (χ4v) is 10.7. The van der Waals surface area contributed by atoms with E-state index in [0.717, 1.165) is 28.2 Å². The Morgan fingerprint density at radius 3 is 1.19 bits per heavy atom. The quantitative estimate of drug-likeness (QED) is 0.140. The highest BCUT2D eigenvalue weighted by Crippen LogP contribution is 2.65. The van der Waals surface area contributed by atoms with E-state index in [1.54, 1.807) is 0 Å². The molecule has 0 aliphatic heterocycles. The van der Waals surface area contributed by atoms with Crippen molar-refractivity contribution in [2.24, 2.45) is 0 Å². The average molecular weight is 804 g/mol. The maximum Gasteiger partial charge on any atom is 0.0635 e. The van der Waals surface area contributed by atoms with E-state index in [-0.39, 0.29) is 0 Å². The summed E-state index contributed by atoms with van der Waals surface area (Å²) in [6.45, 7) is 0. The Labute approximate surface area is 370 Å². The van der Waals surface area contributed by atoms with E-state index in [9.17, 15) is 0 Å². The minimum absolute atomic E-state index is 0.661. The highest BCUT2D eigenvalue weighted by molar-refractivity contribution is 5.91. The number of fused-ring (bicyclic) bond motifs is 3. The van der Waals surface area contributed by atoms with E-state index in [1.807, 2.05) is 0 Å². The van der Waals surface area contributed by atoms with Gasteiger partial charge in [0.25, 0.3) is 0 Å². The Bertz CT molecular complexity index is 3060. The highest BCUT2D eigenvalue weighted by Gasteiger charge is 2.61. The first kappa shape index (κ1) is 38.0. The molecule has 10 aromatic carbocycles. The predicted octanol–water partition coefficient (Wildman–Crippen LogP) is 15.8. The summed E-state index contributed by atoms with van der Waals surface area (Å²) >= 11 is 0. The lowest BCUT2D eigenvalue weighted by Crippen LogP contribution is -2.54. The standard InChI is InChI=1S/C62H45N/c1-7-24-46(25-8-1)55-38-20-22-41-60(55)63(53-35-17-6-18-36-53)54-37-23-26-47(44-54)48-42-43-59-57(45-48)56-39-19-21-40-58(56)61(49-27-9-2-10-28-49,50-29-11-3-12-30-50)62(59,51-31-13-4-14-32-51)52-33-15-5-16-34-52/h1-45H. The van der Waals surface area contributed by atoms with Gasteiger partial charge >= 0.3 is 0 Å².